The standard InChI is InChI=1S/C28H28N4O3/c1-4-5-6-9-14-33-22-16-20(26-30-29-19(3)34-26)15-21(17-22)27-31-32-28(35-27)25-13-12-18(2)23-10-7-8-11-24(23)25/h7-8,10-13,15-17H,4-6,9,14H2,1-3H3. The number of nitrogens with zero attached hydrogens (tertiary/aromatic N) is 4. The molecular formula is C28H28N4O3. The molecule has 7 nitrogen and oxygen atoms in total. The lowest BCUT2D eigenvalue weighted by Crippen LogP contribution is -1.98. The molecule has 7 heteroatoms. The molecule has 5 rings (SSSR count). The van der Waals surface area contributed by atoms with Gasteiger partial charge in [0, 0.05) is 23.6 Å². The number of aromatic nitrogens is 4. The second kappa shape index (κ2) is 10.1. The zero-order valence-corrected chi connectivity index (χ0v) is 20.2. The molecule has 0 unspecified atom stereocenters. The number of fused-ring (bicyclic) bond motifs is 1. The summed E-state index contributed by atoms with van der Waals surface area (Å²) in [6.45, 7) is 6.69. The fourth-order valence-corrected chi connectivity index (χ4v) is 4.15. The third-order valence-corrected chi connectivity index (χ3v) is 5.99. The van der Waals surface area contributed by atoms with Crippen molar-refractivity contribution >= 4 is 10.8 Å². The van der Waals surface area contributed by atoms with Crippen LogP contribution >= 0.6 is 0 Å². The van der Waals surface area contributed by atoms with Gasteiger partial charge in [-0.1, -0.05) is 56.5 Å². The van der Waals surface area contributed by atoms with Crippen molar-refractivity contribution in [1.82, 2.24) is 20.4 Å². The summed E-state index contributed by atoms with van der Waals surface area (Å²) in [5.74, 6) is 2.49. The Bertz CT molecular complexity index is 1450. The third kappa shape index (κ3) is 4.94. The van der Waals surface area contributed by atoms with E-state index in [1.54, 1.807) is 6.92 Å². The number of hydrogen-bond donors (Lipinski definition) is 0. The SMILES string of the molecule is CCCCCCOc1cc(-c2nnc(C)o2)cc(-c2nnc(-c3ccc(C)c4ccccc34)o2)c1. The molecule has 0 atom stereocenters. The second-order valence-corrected chi connectivity index (χ2v) is 8.67. The lowest BCUT2D eigenvalue weighted by atomic mass is 10.0. The van der Waals surface area contributed by atoms with Gasteiger partial charge < -0.3 is 13.6 Å². The highest BCUT2D eigenvalue weighted by atomic mass is 16.5. The molecule has 0 amide bonds. The summed E-state index contributed by atoms with van der Waals surface area (Å²) in [6.07, 6.45) is 4.53. The first-order valence-electron chi connectivity index (χ1n) is 12.0. The molecule has 0 radical (unpaired) electrons. The van der Waals surface area contributed by atoms with Crippen LogP contribution in [-0.4, -0.2) is 27.0 Å². The summed E-state index contributed by atoms with van der Waals surface area (Å²) in [6, 6.07) is 18.0. The van der Waals surface area contributed by atoms with Crippen molar-refractivity contribution in [2.75, 3.05) is 6.61 Å². The number of rotatable bonds is 9. The van der Waals surface area contributed by atoms with Crippen molar-refractivity contribution in [1.29, 1.82) is 0 Å². The molecule has 0 fully saturated rings. The summed E-state index contributed by atoms with van der Waals surface area (Å²) >= 11 is 0. The van der Waals surface area contributed by atoms with Gasteiger partial charge in [-0.05, 0) is 53.9 Å². The van der Waals surface area contributed by atoms with Crippen molar-refractivity contribution in [3.05, 3.63) is 66.1 Å². The fraction of sp³-hybridized carbons (Fsp3) is 0.286. The van der Waals surface area contributed by atoms with Crippen molar-refractivity contribution in [3.63, 3.8) is 0 Å². The number of aryl methyl sites for hydroxylation is 2. The van der Waals surface area contributed by atoms with E-state index in [1.807, 2.05) is 36.4 Å². The van der Waals surface area contributed by atoms with Crippen LogP contribution in [0.4, 0.5) is 0 Å². The topological polar surface area (TPSA) is 87.1 Å². The average Bonchev–Trinajstić information content (AvgIpc) is 3.54. The summed E-state index contributed by atoms with van der Waals surface area (Å²) < 4.78 is 17.9. The van der Waals surface area contributed by atoms with Crippen LogP contribution < -0.4 is 4.74 Å². The Hall–Kier alpha value is -4.00. The molecule has 35 heavy (non-hydrogen) atoms. The van der Waals surface area contributed by atoms with Crippen LogP contribution in [-0.2, 0) is 0 Å². The van der Waals surface area contributed by atoms with Gasteiger partial charge in [0.25, 0.3) is 0 Å². The highest BCUT2D eigenvalue weighted by Crippen LogP contribution is 2.34. The van der Waals surface area contributed by atoms with Crippen LogP contribution in [0, 0.1) is 13.8 Å². The van der Waals surface area contributed by atoms with Crippen LogP contribution in [0.2, 0.25) is 0 Å². The van der Waals surface area contributed by atoms with Crippen molar-refractivity contribution in [2.45, 2.75) is 46.5 Å². The van der Waals surface area contributed by atoms with Gasteiger partial charge in [0.2, 0.25) is 23.6 Å². The molecular weight excluding hydrogens is 440 g/mol. The molecule has 0 aliphatic carbocycles. The Labute approximate surface area is 204 Å². The largest absolute Gasteiger partial charge is 0.494 e. The minimum Gasteiger partial charge on any atom is -0.494 e. The molecule has 0 aliphatic rings. The first-order chi connectivity index (χ1) is 17.1. The van der Waals surface area contributed by atoms with E-state index in [-0.39, 0.29) is 0 Å². The predicted molar refractivity (Wildman–Crippen MR) is 135 cm³/mol. The Kier molecular flexibility index (Phi) is 6.57. The molecule has 2 heterocycles. The van der Waals surface area contributed by atoms with Gasteiger partial charge in [-0.15, -0.1) is 20.4 Å². The number of ether oxygens (including phenoxy) is 1. The van der Waals surface area contributed by atoms with Gasteiger partial charge >= 0.3 is 0 Å². The summed E-state index contributed by atoms with van der Waals surface area (Å²) in [7, 11) is 0. The van der Waals surface area contributed by atoms with Gasteiger partial charge in [-0.25, -0.2) is 0 Å². The van der Waals surface area contributed by atoms with E-state index >= 15 is 0 Å². The first-order valence-corrected chi connectivity index (χ1v) is 12.0. The van der Waals surface area contributed by atoms with E-state index in [9.17, 15) is 0 Å². The molecule has 0 bridgehead atoms. The first kappa shape index (κ1) is 22.8. The van der Waals surface area contributed by atoms with Crippen molar-refractivity contribution < 1.29 is 13.6 Å². The molecule has 5 aromatic rings. The number of benzene rings is 3. The van der Waals surface area contributed by atoms with Crippen LogP contribution in [0.15, 0.2) is 63.4 Å². The highest BCUT2D eigenvalue weighted by molar-refractivity contribution is 5.96. The van der Waals surface area contributed by atoms with Gasteiger partial charge in [0.1, 0.15) is 5.75 Å². The predicted octanol–water partition coefficient (Wildman–Crippen LogP) is 7.18. The molecule has 0 N–H and O–H groups in total. The van der Waals surface area contributed by atoms with Crippen LogP contribution in [0.1, 0.15) is 44.1 Å². The van der Waals surface area contributed by atoms with E-state index in [2.05, 4.69) is 52.4 Å². The molecule has 2 aromatic heterocycles. The van der Waals surface area contributed by atoms with Gasteiger partial charge in [0.15, 0.2) is 0 Å². The maximum atomic E-state index is 6.17. The Balaban J connectivity index is 1.50. The lowest BCUT2D eigenvalue weighted by molar-refractivity contribution is 0.305. The maximum Gasteiger partial charge on any atom is 0.248 e. The van der Waals surface area contributed by atoms with E-state index < -0.39 is 0 Å². The Morgan fingerprint density at radius 1 is 0.714 bits per heavy atom. The lowest BCUT2D eigenvalue weighted by Gasteiger charge is -2.09. The minimum atomic E-state index is 0.401. The van der Waals surface area contributed by atoms with Crippen LogP contribution in [0.5, 0.6) is 5.75 Å². The Morgan fingerprint density at radius 3 is 2.17 bits per heavy atom. The van der Waals surface area contributed by atoms with Gasteiger partial charge in [-0.3, -0.25) is 0 Å². The normalized spacial score (nSPS) is 11.3. The van der Waals surface area contributed by atoms with Gasteiger partial charge in [0.05, 0.1) is 6.61 Å². The fourth-order valence-electron chi connectivity index (χ4n) is 4.15. The van der Waals surface area contributed by atoms with E-state index in [0.29, 0.717) is 35.9 Å². The van der Waals surface area contributed by atoms with Crippen molar-refractivity contribution in [2.24, 2.45) is 0 Å². The zero-order valence-electron chi connectivity index (χ0n) is 20.2. The van der Waals surface area contributed by atoms with Crippen molar-refractivity contribution in [3.8, 4) is 40.1 Å². The molecule has 178 valence electrons. The molecule has 0 spiro atoms. The highest BCUT2D eigenvalue weighted by Gasteiger charge is 2.17. The molecule has 0 saturated heterocycles. The van der Waals surface area contributed by atoms with E-state index in [1.165, 1.54) is 18.4 Å². The number of unbranched alkanes of at least 4 members (excludes halogenated alkanes) is 3. The molecule has 0 saturated carbocycles. The summed E-state index contributed by atoms with van der Waals surface area (Å²) in [5, 5.41) is 19.1. The van der Waals surface area contributed by atoms with E-state index in [0.717, 1.165) is 40.3 Å². The summed E-state index contributed by atoms with van der Waals surface area (Å²) in [5.41, 5.74) is 3.58. The Morgan fingerprint density at radius 2 is 1.43 bits per heavy atom. The minimum absolute atomic E-state index is 0.401. The zero-order chi connectivity index (χ0) is 24.2. The van der Waals surface area contributed by atoms with E-state index in [4.69, 9.17) is 13.6 Å². The third-order valence-electron chi connectivity index (χ3n) is 5.99. The monoisotopic (exact) mass is 468 g/mol. The molecule has 3 aromatic carbocycles. The number of hydrogen-bond acceptors (Lipinski definition) is 7. The van der Waals surface area contributed by atoms with Crippen LogP contribution in [0.25, 0.3) is 45.1 Å². The molecule has 0 aliphatic heterocycles. The van der Waals surface area contributed by atoms with Crippen LogP contribution in [0.3, 0.4) is 0 Å². The second-order valence-electron chi connectivity index (χ2n) is 8.67. The maximum absolute atomic E-state index is 6.17. The quantitative estimate of drug-likeness (QED) is 0.212. The van der Waals surface area contributed by atoms with Gasteiger partial charge in [-0.2, -0.15) is 0 Å². The smallest absolute Gasteiger partial charge is 0.248 e. The summed E-state index contributed by atoms with van der Waals surface area (Å²) in [4.78, 5) is 0. The average molecular weight is 469 g/mol.